The summed E-state index contributed by atoms with van der Waals surface area (Å²) in [6, 6.07) is 17.6. The van der Waals surface area contributed by atoms with E-state index in [4.69, 9.17) is 4.99 Å². The molecule has 37 heavy (non-hydrogen) atoms. The van der Waals surface area contributed by atoms with Crippen LogP contribution in [-0.2, 0) is 14.8 Å². The van der Waals surface area contributed by atoms with Crippen molar-refractivity contribution >= 4 is 75.3 Å². The zero-order valence-electron chi connectivity index (χ0n) is 19.5. The van der Waals surface area contributed by atoms with E-state index >= 15 is 0 Å². The Hall–Kier alpha value is -3.21. The molecule has 3 heterocycles. The summed E-state index contributed by atoms with van der Waals surface area (Å²) in [5.74, 6) is -0.265. The quantitative estimate of drug-likeness (QED) is 0.258. The minimum absolute atomic E-state index is 0.201. The molecule has 1 aliphatic rings. The van der Waals surface area contributed by atoms with Crippen LogP contribution in [0.3, 0.4) is 0 Å². The number of aliphatic imine (C=N–C) groups is 1. The SMILES string of the molecule is Cc1ccc(S(=O)(=O)n2cc([C@H]3CNC(=O)C(c4c[nH]c5cc(Br)ccc45)=N3)c3ccc(Br)cc32)cc1. The highest BCUT2D eigenvalue weighted by atomic mass is 79.9. The Morgan fingerprint density at radius 2 is 1.68 bits per heavy atom. The zero-order chi connectivity index (χ0) is 25.9. The third-order valence-corrected chi connectivity index (χ3v) is 9.23. The summed E-state index contributed by atoms with van der Waals surface area (Å²) < 4.78 is 30.3. The van der Waals surface area contributed by atoms with Gasteiger partial charge in [0, 0.05) is 55.3 Å². The third-order valence-electron chi connectivity index (χ3n) is 6.56. The number of aromatic amines is 1. The molecule has 1 atom stereocenters. The predicted molar refractivity (Wildman–Crippen MR) is 152 cm³/mol. The summed E-state index contributed by atoms with van der Waals surface area (Å²) in [7, 11) is -3.87. The molecule has 0 fully saturated rings. The highest BCUT2D eigenvalue weighted by Gasteiger charge is 2.30. The second-order valence-electron chi connectivity index (χ2n) is 8.96. The van der Waals surface area contributed by atoms with Gasteiger partial charge in [0.25, 0.3) is 15.9 Å². The number of hydrogen-bond donors (Lipinski definition) is 2. The Labute approximate surface area is 229 Å². The molecular weight excluding hydrogens is 620 g/mol. The van der Waals surface area contributed by atoms with Crippen LogP contribution in [0.2, 0.25) is 0 Å². The molecular formula is C27H20Br2N4O3S. The van der Waals surface area contributed by atoms with E-state index in [1.54, 1.807) is 42.7 Å². The van der Waals surface area contributed by atoms with E-state index in [-0.39, 0.29) is 17.3 Å². The van der Waals surface area contributed by atoms with Crippen LogP contribution in [0.15, 0.2) is 91.9 Å². The van der Waals surface area contributed by atoms with Crippen LogP contribution < -0.4 is 5.32 Å². The van der Waals surface area contributed by atoms with Crippen molar-refractivity contribution in [3.63, 3.8) is 0 Å². The van der Waals surface area contributed by atoms with E-state index in [0.717, 1.165) is 36.4 Å². The zero-order valence-corrected chi connectivity index (χ0v) is 23.5. The topological polar surface area (TPSA) is 96.3 Å². The van der Waals surface area contributed by atoms with Gasteiger partial charge in [-0.25, -0.2) is 12.4 Å². The van der Waals surface area contributed by atoms with Gasteiger partial charge in [0.15, 0.2) is 0 Å². The molecule has 6 rings (SSSR count). The molecule has 2 N–H and O–H groups in total. The average molecular weight is 640 g/mol. The van der Waals surface area contributed by atoms with Crippen LogP contribution in [0.5, 0.6) is 0 Å². The van der Waals surface area contributed by atoms with E-state index in [2.05, 4.69) is 42.2 Å². The van der Waals surface area contributed by atoms with Crippen LogP contribution in [0.25, 0.3) is 21.8 Å². The molecule has 2 aromatic heterocycles. The first-order chi connectivity index (χ1) is 17.7. The standard InChI is InChI=1S/C27H20Br2N4O3S/c1-15-2-6-18(7-3-15)37(35,36)33-14-22(20-9-5-17(29)11-25(20)33)24-13-31-27(34)26(32-24)21-12-30-23-10-16(28)4-8-19(21)23/h2-12,14,24,30H,13H2,1H3,(H,31,34)/t24-/m1/s1. The summed E-state index contributed by atoms with van der Waals surface area (Å²) in [5, 5.41) is 4.58. The number of H-pyrrole nitrogens is 1. The van der Waals surface area contributed by atoms with E-state index in [1.807, 2.05) is 37.3 Å². The van der Waals surface area contributed by atoms with Crippen LogP contribution in [0.4, 0.5) is 0 Å². The first-order valence-electron chi connectivity index (χ1n) is 11.5. The number of aromatic nitrogens is 2. The lowest BCUT2D eigenvalue weighted by Gasteiger charge is -2.21. The molecule has 3 aromatic carbocycles. The van der Waals surface area contributed by atoms with Gasteiger partial charge in [-0.3, -0.25) is 9.79 Å². The van der Waals surface area contributed by atoms with Crippen LogP contribution in [0.1, 0.15) is 22.7 Å². The van der Waals surface area contributed by atoms with Crippen LogP contribution in [-0.4, -0.2) is 35.5 Å². The largest absolute Gasteiger partial charge is 0.360 e. The molecule has 0 spiro atoms. The summed E-state index contributed by atoms with van der Waals surface area (Å²) >= 11 is 6.95. The number of benzene rings is 3. The van der Waals surface area contributed by atoms with E-state index in [9.17, 15) is 13.2 Å². The van der Waals surface area contributed by atoms with Gasteiger partial charge in [-0.05, 0) is 43.3 Å². The van der Waals surface area contributed by atoms with Gasteiger partial charge in [0.05, 0.1) is 16.5 Å². The van der Waals surface area contributed by atoms with E-state index in [1.165, 1.54) is 3.97 Å². The molecule has 0 radical (unpaired) electrons. The minimum atomic E-state index is -3.87. The second-order valence-corrected chi connectivity index (χ2v) is 12.6. The number of hydrogen-bond acceptors (Lipinski definition) is 4. The summed E-state index contributed by atoms with van der Waals surface area (Å²) in [6.45, 7) is 2.17. The molecule has 0 saturated heterocycles. The van der Waals surface area contributed by atoms with Crippen molar-refractivity contribution in [1.82, 2.24) is 14.3 Å². The Morgan fingerprint density at radius 3 is 2.43 bits per heavy atom. The molecule has 5 aromatic rings. The van der Waals surface area contributed by atoms with Crippen LogP contribution in [0, 0.1) is 6.92 Å². The molecule has 1 amide bonds. The number of nitrogens with zero attached hydrogens (tertiary/aromatic N) is 2. The third kappa shape index (κ3) is 4.13. The Balaban J connectivity index is 1.51. The van der Waals surface area contributed by atoms with Crippen molar-refractivity contribution in [2.45, 2.75) is 17.9 Å². The van der Waals surface area contributed by atoms with Crippen molar-refractivity contribution in [2.24, 2.45) is 4.99 Å². The molecule has 7 nitrogen and oxygen atoms in total. The first kappa shape index (κ1) is 24.1. The fourth-order valence-corrected chi connectivity index (χ4v) is 6.76. The summed E-state index contributed by atoms with van der Waals surface area (Å²) in [5.41, 5.74) is 4.12. The molecule has 1 aliphatic heterocycles. The van der Waals surface area contributed by atoms with Crippen molar-refractivity contribution in [3.05, 3.63) is 98.7 Å². The maximum absolute atomic E-state index is 13.7. The summed E-state index contributed by atoms with van der Waals surface area (Å²) in [6.07, 6.45) is 3.40. The molecule has 10 heteroatoms. The van der Waals surface area contributed by atoms with Gasteiger partial charge >= 0.3 is 0 Å². The normalized spacial score (nSPS) is 16.2. The van der Waals surface area contributed by atoms with Crippen LogP contribution >= 0.6 is 31.9 Å². The van der Waals surface area contributed by atoms with Gasteiger partial charge < -0.3 is 10.3 Å². The van der Waals surface area contributed by atoms with Gasteiger partial charge in [-0.2, -0.15) is 0 Å². The monoisotopic (exact) mass is 638 g/mol. The van der Waals surface area contributed by atoms with Crippen molar-refractivity contribution in [1.29, 1.82) is 0 Å². The minimum Gasteiger partial charge on any atom is -0.360 e. The fraction of sp³-hybridized carbons (Fsp3) is 0.111. The average Bonchev–Trinajstić information content (AvgIpc) is 3.46. The second kappa shape index (κ2) is 8.97. The van der Waals surface area contributed by atoms with E-state index < -0.39 is 16.1 Å². The Kier molecular flexibility index (Phi) is 5.85. The molecule has 0 aliphatic carbocycles. The van der Waals surface area contributed by atoms with Gasteiger partial charge in [0.2, 0.25) is 0 Å². The number of halogens is 2. The number of aryl methyl sites for hydroxylation is 1. The van der Waals surface area contributed by atoms with Gasteiger partial charge in [-0.1, -0.05) is 61.7 Å². The molecule has 0 bridgehead atoms. The molecule has 0 unspecified atom stereocenters. The number of carbonyl (C=O) groups excluding carboxylic acids is 1. The molecule has 186 valence electrons. The molecule has 0 saturated carbocycles. The lowest BCUT2D eigenvalue weighted by Crippen LogP contribution is -2.39. The van der Waals surface area contributed by atoms with Gasteiger partial charge in [-0.15, -0.1) is 0 Å². The fourth-order valence-electron chi connectivity index (χ4n) is 4.68. The first-order valence-corrected chi connectivity index (χ1v) is 14.5. The van der Waals surface area contributed by atoms with Crippen molar-refractivity contribution in [3.8, 4) is 0 Å². The Morgan fingerprint density at radius 1 is 0.973 bits per heavy atom. The van der Waals surface area contributed by atoms with Crippen molar-refractivity contribution in [2.75, 3.05) is 6.54 Å². The maximum atomic E-state index is 13.7. The number of nitrogens with one attached hydrogen (secondary N) is 2. The lowest BCUT2D eigenvalue weighted by atomic mass is 10.0. The predicted octanol–water partition coefficient (Wildman–Crippen LogP) is 5.85. The van der Waals surface area contributed by atoms with Crippen molar-refractivity contribution < 1.29 is 13.2 Å². The van der Waals surface area contributed by atoms with E-state index in [0.29, 0.717) is 16.8 Å². The number of amides is 1. The highest BCUT2D eigenvalue weighted by Crippen LogP contribution is 2.35. The number of carbonyl (C=O) groups is 1. The van der Waals surface area contributed by atoms with Gasteiger partial charge in [0.1, 0.15) is 5.71 Å². The number of rotatable bonds is 4. The lowest BCUT2D eigenvalue weighted by molar-refractivity contribution is -0.115. The smallest absolute Gasteiger partial charge is 0.270 e. The Bertz CT molecular complexity index is 1850. The number of fused-ring (bicyclic) bond motifs is 2. The highest BCUT2D eigenvalue weighted by molar-refractivity contribution is 9.10. The maximum Gasteiger partial charge on any atom is 0.270 e. The summed E-state index contributed by atoms with van der Waals surface area (Å²) in [4.78, 5) is 21.2.